The van der Waals surface area contributed by atoms with Gasteiger partial charge in [-0.15, -0.1) is 0 Å². The SMILES string of the molecule is CN(O)C=C1C(=O)CC(C)(CNO)CC1=O. The minimum Gasteiger partial charge on any atom is -0.317 e. The average Bonchev–Trinajstić information content (AvgIpc) is 2.11. The third kappa shape index (κ3) is 2.88. The van der Waals surface area contributed by atoms with E-state index in [2.05, 4.69) is 0 Å². The predicted molar refractivity (Wildman–Crippen MR) is 54.8 cm³/mol. The van der Waals surface area contributed by atoms with Gasteiger partial charge in [0.2, 0.25) is 0 Å². The summed E-state index contributed by atoms with van der Waals surface area (Å²) in [7, 11) is 1.33. The summed E-state index contributed by atoms with van der Waals surface area (Å²) >= 11 is 0. The highest BCUT2D eigenvalue weighted by Gasteiger charge is 2.38. The lowest BCUT2D eigenvalue weighted by atomic mass is 9.73. The smallest absolute Gasteiger partial charge is 0.168 e. The number of carbonyl (C=O) groups is 2. The van der Waals surface area contributed by atoms with Gasteiger partial charge in [0.05, 0.1) is 5.57 Å². The van der Waals surface area contributed by atoms with Crippen molar-refractivity contribution in [3.8, 4) is 0 Å². The molecule has 0 aromatic rings. The Morgan fingerprint density at radius 3 is 2.31 bits per heavy atom. The number of carbonyl (C=O) groups excluding carboxylic acids is 2. The molecule has 0 aromatic heterocycles. The van der Waals surface area contributed by atoms with Crippen molar-refractivity contribution >= 4 is 11.6 Å². The van der Waals surface area contributed by atoms with Crippen molar-refractivity contribution in [1.82, 2.24) is 10.5 Å². The van der Waals surface area contributed by atoms with Gasteiger partial charge in [-0.25, -0.2) is 5.48 Å². The fourth-order valence-corrected chi connectivity index (χ4v) is 1.83. The van der Waals surface area contributed by atoms with E-state index in [1.807, 2.05) is 5.48 Å². The van der Waals surface area contributed by atoms with Crippen LogP contribution >= 0.6 is 0 Å². The molecule has 0 amide bonds. The van der Waals surface area contributed by atoms with Gasteiger partial charge in [-0.05, 0) is 5.41 Å². The van der Waals surface area contributed by atoms with Gasteiger partial charge in [0.1, 0.15) is 0 Å². The van der Waals surface area contributed by atoms with Crippen LogP contribution in [0, 0.1) is 5.41 Å². The summed E-state index contributed by atoms with van der Waals surface area (Å²) in [4.78, 5) is 23.4. The van der Waals surface area contributed by atoms with Gasteiger partial charge in [-0.3, -0.25) is 19.9 Å². The van der Waals surface area contributed by atoms with E-state index in [1.165, 1.54) is 7.05 Å². The highest BCUT2D eigenvalue weighted by Crippen LogP contribution is 2.33. The van der Waals surface area contributed by atoms with Gasteiger partial charge in [-0.2, -0.15) is 0 Å². The first kappa shape index (κ1) is 12.8. The summed E-state index contributed by atoms with van der Waals surface area (Å²) in [6, 6.07) is 0. The molecule has 0 heterocycles. The molecule has 0 bridgehead atoms. The van der Waals surface area contributed by atoms with Crippen LogP contribution < -0.4 is 5.48 Å². The molecule has 0 spiro atoms. The predicted octanol–water partition coefficient (Wildman–Crippen LogP) is 0.108. The fourth-order valence-electron chi connectivity index (χ4n) is 1.83. The molecule has 1 aliphatic carbocycles. The van der Waals surface area contributed by atoms with Crippen LogP contribution in [0.25, 0.3) is 0 Å². The summed E-state index contributed by atoms with van der Waals surface area (Å²) in [5.74, 6) is -0.621. The molecule has 90 valence electrons. The van der Waals surface area contributed by atoms with Gasteiger partial charge in [-0.1, -0.05) is 6.92 Å². The molecule has 6 nitrogen and oxygen atoms in total. The topological polar surface area (TPSA) is 89.9 Å². The Kier molecular flexibility index (Phi) is 3.79. The monoisotopic (exact) mass is 228 g/mol. The molecule has 3 N–H and O–H groups in total. The second kappa shape index (κ2) is 4.73. The van der Waals surface area contributed by atoms with E-state index in [9.17, 15) is 9.59 Å². The zero-order valence-corrected chi connectivity index (χ0v) is 9.36. The average molecular weight is 228 g/mol. The lowest BCUT2D eigenvalue weighted by Gasteiger charge is -2.32. The normalized spacial score (nSPS) is 25.9. The van der Waals surface area contributed by atoms with E-state index in [0.29, 0.717) is 5.06 Å². The van der Waals surface area contributed by atoms with E-state index < -0.39 is 5.41 Å². The molecule has 0 unspecified atom stereocenters. The number of rotatable bonds is 3. The molecule has 16 heavy (non-hydrogen) atoms. The van der Waals surface area contributed by atoms with Crippen LogP contribution in [0.5, 0.6) is 0 Å². The quantitative estimate of drug-likeness (QED) is 0.361. The van der Waals surface area contributed by atoms with Crippen LogP contribution in [0.3, 0.4) is 0 Å². The minimum atomic E-state index is -0.561. The van der Waals surface area contributed by atoms with Crippen molar-refractivity contribution in [3.63, 3.8) is 0 Å². The standard InChI is InChI=1S/C10H16N2O4/c1-10(6-11-15)3-8(13)7(5-12(2)16)9(14)4-10/h5,11,15-16H,3-4,6H2,1-2H3. The van der Waals surface area contributed by atoms with Gasteiger partial charge >= 0.3 is 0 Å². The Morgan fingerprint density at radius 2 is 1.94 bits per heavy atom. The molecule has 1 saturated carbocycles. The molecule has 1 rings (SSSR count). The largest absolute Gasteiger partial charge is 0.317 e. The Morgan fingerprint density at radius 1 is 1.44 bits per heavy atom. The number of Topliss-reactive ketones (excluding diaryl/α,β-unsaturated/α-hetero) is 2. The third-order valence-electron chi connectivity index (χ3n) is 2.60. The van der Waals surface area contributed by atoms with Crippen molar-refractivity contribution in [2.24, 2.45) is 5.41 Å². The van der Waals surface area contributed by atoms with Crippen LogP contribution in [-0.2, 0) is 9.59 Å². The van der Waals surface area contributed by atoms with Gasteiger partial charge in [0.15, 0.2) is 11.6 Å². The third-order valence-corrected chi connectivity index (χ3v) is 2.60. The number of hydrogen-bond donors (Lipinski definition) is 3. The van der Waals surface area contributed by atoms with Crippen LogP contribution in [0.2, 0.25) is 0 Å². The maximum absolute atomic E-state index is 11.7. The lowest BCUT2D eigenvalue weighted by Crippen LogP contribution is -2.40. The molecular formula is C10H16N2O4. The van der Waals surface area contributed by atoms with Crippen molar-refractivity contribution in [3.05, 3.63) is 11.8 Å². The second-order valence-electron chi connectivity index (χ2n) is 4.46. The summed E-state index contributed by atoms with van der Waals surface area (Å²) in [6.45, 7) is 1.94. The van der Waals surface area contributed by atoms with Gasteiger partial charge < -0.3 is 5.21 Å². The zero-order chi connectivity index (χ0) is 12.3. The maximum Gasteiger partial charge on any atom is 0.168 e. The maximum atomic E-state index is 11.7. The lowest BCUT2D eigenvalue weighted by molar-refractivity contribution is -0.128. The first-order chi connectivity index (χ1) is 7.38. The molecule has 6 heteroatoms. The first-order valence-corrected chi connectivity index (χ1v) is 4.95. The summed E-state index contributed by atoms with van der Waals surface area (Å²) in [6.07, 6.45) is 1.47. The van der Waals surface area contributed by atoms with Crippen molar-refractivity contribution < 1.29 is 20.0 Å². The Labute approximate surface area is 93.5 Å². The van der Waals surface area contributed by atoms with Gasteiger partial charge in [0.25, 0.3) is 0 Å². The molecule has 0 radical (unpaired) electrons. The number of nitrogens with zero attached hydrogens (tertiary/aromatic N) is 1. The summed E-state index contributed by atoms with van der Waals surface area (Å²) in [5, 5.41) is 18.3. The van der Waals surface area contributed by atoms with E-state index in [4.69, 9.17) is 10.4 Å². The van der Waals surface area contributed by atoms with E-state index in [-0.39, 0.29) is 36.5 Å². The van der Waals surface area contributed by atoms with Crippen LogP contribution in [0.1, 0.15) is 19.8 Å². The molecule has 0 aliphatic heterocycles. The fraction of sp³-hybridized carbons (Fsp3) is 0.600. The molecule has 1 fully saturated rings. The molecule has 0 saturated heterocycles. The van der Waals surface area contributed by atoms with E-state index in [1.54, 1.807) is 6.92 Å². The van der Waals surface area contributed by atoms with Crippen LogP contribution in [-0.4, -0.2) is 40.6 Å². The van der Waals surface area contributed by atoms with E-state index >= 15 is 0 Å². The molecule has 0 atom stereocenters. The van der Waals surface area contributed by atoms with Crippen molar-refractivity contribution in [1.29, 1.82) is 0 Å². The summed E-state index contributed by atoms with van der Waals surface area (Å²) < 4.78 is 0. The minimum absolute atomic E-state index is 0.0143. The Balaban J connectivity index is 2.87. The molecule has 0 aromatic carbocycles. The summed E-state index contributed by atoms with van der Waals surface area (Å²) in [5.41, 5.74) is 1.44. The van der Waals surface area contributed by atoms with Crippen molar-refractivity contribution in [2.75, 3.05) is 13.6 Å². The Bertz CT molecular complexity index is 316. The van der Waals surface area contributed by atoms with Crippen LogP contribution in [0.15, 0.2) is 11.8 Å². The van der Waals surface area contributed by atoms with Crippen molar-refractivity contribution in [2.45, 2.75) is 19.8 Å². The molecular weight excluding hydrogens is 212 g/mol. The number of hydrogen-bond acceptors (Lipinski definition) is 6. The number of nitrogens with one attached hydrogen (secondary N) is 1. The Hall–Kier alpha value is -1.24. The number of ketones is 2. The number of allylic oxidation sites excluding steroid dienone is 1. The first-order valence-electron chi connectivity index (χ1n) is 4.95. The number of hydroxylamine groups is 3. The van der Waals surface area contributed by atoms with Gasteiger partial charge in [0, 0.05) is 32.6 Å². The zero-order valence-electron chi connectivity index (χ0n) is 9.36. The highest BCUT2D eigenvalue weighted by molar-refractivity contribution is 6.22. The second-order valence-corrected chi connectivity index (χ2v) is 4.46. The molecule has 1 aliphatic rings. The van der Waals surface area contributed by atoms with Crippen LogP contribution in [0.4, 0.5) is 0 Å². The highest BCUT2D eigenvalue weighted by atomic mass is 16.5. The van der Waals surface area contributed by atoms with E-state index in [0.717, 1.165) is 6.20 Å².